The Balaban J connectivity index is 2.00. The summed E-state index contributed by atoms with van der Waals surface area (Å²) in [5.74, 6) is -1.17. The van der Waals surface area contributed by atoms with Crippen LogP contribution in [0.3, 0.4) is 0 Å². The molecule has 0 unspecified atom stereocenters. The predicted molar refractivity (Wildman–Crippen MR) is 66.7 cm³/mol. The molecule has 1 amide bonds. The summed E-state index contributed by atoms with van der Waals surface area (Å²) in [7, 11) is 0. The van der Waals surface area contributed by atoms with Gasteiger partial charge in [0.25, 0.3) is 5.91 Å². The minimum absolute atomic E-state index is 0.118. The number of amides is 1. The van der Waals surface area contributed by atoms with E-state index in [1.54, 1.807) is 12.1 Å². The van der Waals surface area contributed by atoms with E-state index in [0.29, 0.717) is 31.6 Å². The summed E-state index contributed by atoms with van der Waals surface area (Å²) in [6.07, 6.45) is 3.88. The average molecular weight is 264 g/mol. The minimum atomic E-state index is -0.916. The molecule has 102 valence electrons. The molecule has 0 radical (unpaired) electrons. The van der Waals surface area contributed by atoms with Gasteiger partial charge >= 0.3 is 5.97 Å². The number of carbonyl (C=O) groups excluding carboxylic acids is 1. The molecule has 0 aromatic carbocycles. The zero-order valence-electron chi connectivity index (χ0n) is 10.5. The number of aliphatic carboxylic acids is 1. The third-order valence-corrected chi connectivity index (χ3v) is 3.43. The third-order valence-electron chi connectivity index (χ3n) is 3.43. The molecule has 1 aromatic heterocycles. The number of aromatic nitrogens is 1. The molecule has 2 rings (SSSR count). The van der Waals surface area contributed by atoms with E-state index in [9.17, 15) is 14.7 Å². The maximum Gasteiger partial charge on any atom is 0.311 e. The summed E-state index contributed by atoms with van der Waals surface area (Å²) < 4.78 is 5.18. The normalized spacial score (nSPS) is 17.7. The first-order chi connectivity index (χ1) is 9.14. The van der Waals surface area contributed by atoms with Gasteiger partial charge in [-0.15, -0.1) is 0 Å². The Morgan fingerprint density at radius 1 is 1.32 bits per heavy atom. The summed E-state index contributed by atoms with van der Waals surface area (Å²) >= 11 is 0. The van der Waals surface area contributed by atoms with Crippen LogP contribution < -0.4 is 5.32 Å². The third kappa shape index (κ3) is 3.08. The van der Waals surface area contributed by atoms with Gasteiger partial charge in [0, 0.05) is 37.7 Å². The van der Waals surface area contributed by atoms with Crippen LogP contribution in [0.2, 0.25) is 0 Å². The van der Waals surface area contributed by atoms with Gasteiger partial charge in [-0.25, -0.2) is 0 Å². The molecule has 1 saturated heterocycles. The maximum absolute atomic E-state index is 11.9. The van der Waals surface area contributed by atoms with E-state index in [4.69, 9.17) is 4.74 Å². The Morgan fingerprint density at radius 2 is 1.95 bits per heavy atom. The molecular weight excluding hydrogens is 248 g/mol. The number of carboxylic acid groups (broad SMARTS) is 1. The Kier molecular flexibility index (Phi) is 4.11. The Hall–Kier alpha value is -1.95. The van der Waals surface area contributed by atoms with Crippen LogP contribution in [-0.2, 0) is 9.53 Å². The summed E-state index contributed by atoms with van der Waals surface area (Å²) in [5, 5.41) is 12.0. The van der Waals surface area contributed by atoms with Crippen molar-refractivity contribution in [2.24, 2.45) is 5.41 Å². The lowest BCUT2D eigenvalue weighted by Crippen LogP contribution is -2.46. The summed E-state index contributed by atoms with van der Waals surface area (Å²) in [5.41, 5.74) is -0.441. The summed E-state index contributed by atoms with van der Waals surface area (Å²) in [6, 6.07) is 3.18. The smallest absolute Gasteiger partial charge is 0.311 e. The lowest BCUT2D eigenvalue weighted by atomic mass is 9.80. The average Bonchev–Trinajstić information content (AvgIpc) is 2.46. The molecular formula is C13H16N2O4. The standard InChI is InChI=1S/C13H16N2O4/c16-11(10-1-5-14-6-2-10)15-9-13(12(17)18)3-7-19-8-4-13/h1-2,5-6H,3-4,7-9H2,(H,15,16)(H,17,18). The van der Waals surface area contributed by atoms with Gasteiger partial charge in [-0.05, 0) is 25.0 Å². The molecule has 0 atom stereocenters. The van der Waals surface area contributed by atoms with Crippen molar-refractivity contribution >= 4 is 11.9 Å². The molecule has 6 nitrogen and oxygen atoms in total. The van der Waals surface area contributed by atoms with Crippen LogP contribution in [0.15, 0.2) is 24.5 Å². The lowest BCUT2D eigenvalue weighted by Gasteiger charge is -2.33. The highest BCUT2D eigenvalue weighted by Gasteiger charge is 2.40. The highest BCUT2D eigenvalue weighted by molar-refractivity contribution is 5.94. The molecule has 1 aliphatic rings. The van der Waals surface area contributed by atoms with Crippen LogP contribution in [0.4, 0.5) is 0 Å². The van der Waals surface area contributed by atoms with Crippen LogP contribution in [0.5, 0.6) is 0 Å². The fourth-order valence-electron chi connectivity index (χ4n) is 2.08. The van der Waals surface area contributed by atoms with Crippen molar-refractivity contribution in [3.05, 3.63) is 30.1 Å². The van der Waals surface area contributed by atoms with Crippen LogP contribution in [0, 0.1) is 5.41 Å². The van der Waals surface area contributed by atoms with Crippen molar-refractivity contribution < 1.29 is 19.4 Å². The second kappa shape index (κ2) is 5.79. The molecule has 6 heteroatoms. The first kappa shape index (κ1) is 13.5. The molecule has 1 aliphatic heterocycles. The number of ether oxygens (including phenoxy) is 1. The number of carboxylic acids is 1. The Labute approximate surface area is 110 Å². The van der Waals surface area contributed by atoms with E-state index in [1.165, 1.54) is 12.4 Å². The number of nitrogens with one attached hydrogen (secondary N) is 1. The monoisotopic (exact) mass is 264 g/mol. The number of carbonyl (C=O) groups is 2. The van der Waals surface area contributed by atoms with Crippen LogP contribution in [0.1, 0.15) is 23.2 Å². The van der Waals surface area contributed by atoms with Gasteiger partial charge in [0.05, 0.1) is 5.41 Å². The van der Waals surface area contributed by atoms with Gasteiger partial charge in [0.2, 0.25) is 0 Å². The van der Waals surface area contributed by atoms with Crippen LogP contribution in [0.25, 0.3) is 0 Å². The van der Waals surface area contributed by atoms with Crippen molar-refractivity contribution in [1.29, 1.82) is 0 Å². The van der Waals surface area contributed by atoms with Gasteiger partial charge < -0.3 is 15.2 Å². The quantitative estimate of drug-likeness (QED) is 0.835. The fraction of sp³-hybridized carbons (Fsp3) is 0.462. The molecule has 19 heavy (non-hydrogen) atoms. The largest absolute Gasteiger partial charge is 0.481 e. The highest BCUT2D eigenvalue weighted by Crippen LogP contribution is 2.30. The van der Waals surface area contributed by atoms with Crippen molar-refractivity contribution in [1.82, 2.24) is 10.3 Å². The zero-order chi connectivity index (χ0) is 13.7. The first-order valence-corrected chi connectivity index (χ1v) is 6.13. The molecule has 0 spiro atoms. The highest BCUT2D eigenvalue weighted by atomic mass is 16.5. The van der Waals surface area contributed by atoms with Crippen LogP contribution >= 0.6 is 0 Å². The lowest BCUT2D eigenvalue weighted by molar-refractivity contribution is -0.154. The zero-order valence-corrected chi connectivity index (χ0v) is 10.5. The van der Waals surface area contributed by atoms with Gasteiger partial charge in [0.15, 0.2) is 0 Å². The summed E-state index contributed by atoms with van der Waals surface area (Å²) in [4.78, 5) is 27.1. The van der Waals surface area contributed by atoms with E-state index < -0.39 is 11.4 Å². The summed E-state index contributed by atoms with van der Waals surface area (Å²) in [6.45, 7) is 0.946. The van der Waals surface area contributed by atoms with Crippen LogP contribution in [-0.4, -0.2) is 41.7 Å². The molecule has 1 aromatic rings. The molecule has 2 N–H and O–H groups in total. The topological polar surface area (TPSA) is 88.5 Å². The molecule has 0 saturated carbocycles. The molecule has 0 bridgehead atoms. The number of hydrogen-bond acceptors (Lipinski definition) is 4. The fourth-order valence-corrected chi connectivity index (χ4v) is 2.08. The second-order valence-electron chi connectivity index (χ2n) is 4.62. The number of nitrogens with zero attached hydrogens (tertiary/aromatic N) is 1. The van der Waals surface area contributed by atoms with Gasteiger partial charge in [-0.2, -0.15) is 0 Å². The predicted octanol–water partition coefficient (Wildman–Crippen LogP) is 0.693. The van der Waals surface area contributed by atoms with Gasteiger partial charge in [-0.3, -0.25) is 14.6 Å². The SMILES string of the molecule is O=C(NCC1(C(=O)O)CCOCC1)c1ccncc1. The minimum Gasteiger partial charge on any atom is -0.481 e. The number of pyridine rings is 1. The Morgan fingerprint density at radius 3 is 2.53 bits per heavy atom. The van der Waals surface area contributed by atoms with Gasteiger partial charge in [0.1, 0.15) is 0 Å². The molecule has 2 heterocycles. The maximum atomic E-state index is 11.9. The van der Waals surface area contributed by atoms with Crippen molar-refractivity contribution in [3.63, 3.8) is 0 Å². The van der Waals surface area contributed by atoms with E-state index in [1.807, 2.05) is 0 Å². The second-order valence-corrected chi connectivity index (χ2v) is 4.62. The Bertz CT molecular complexity index is 455. The van der Waals surface area contributed by atoms with E-state index >= 15 is 0 Å². The van der Waals surface area contributed by atoms with E-state index in [-0.39, 0.29) is 12.5 Å². The molecule has 1 fully saturated rings. The van der Waals surface area contributed by atoms with Crippen molar-refractivity contribution in [2.75, 3.05) is 19.8 Å². The van der Waals surface area contributed by atoms with Crippen molar-refractivity contribution in [2.45, 2.75) is 12.8 Å². The number of hydrogen-bond donors (Lipinski definition) is 2. The van der Waals surface area contributed by atoms with E-state index in [0.717, 1.165) is 0 Å². The number of rotatable bonds is 4. The van der Waals surface area contributed by atoms with Crippen molar-refractivity contribution in [3.8, 4) is 0 Å². The van der Waals surface area contributed by atoms with E-state index in [2.05, 4.69) is 10.3 Å². The molecule has 0 aliphatic carbocycles. The first-order valence-electron chi connectivity index (χ1n) is 6.13. The van der Waals surface area contributed by atoms with Gasteiger partial charge in [-0.1, -0.05) is 0 Å².